The van der Waals surface area contributed by atoms with Gasteiger partial charge in [0.15, 0.2) is 6.10 Å². The van der Waals surface area contributed by atoms with Gasteiger partial charge in [0.05, 0.1) is 5.69 Å². The second-order valence-electron chi connectivity index (χ2n) is 4.87. The highest BCUT2D eigenvalue weighted by Gasteiger charge is 2.24. The summed E-state index contributed by atoms with van der Waals surface area (Å²) in [5.74, 6) is 0.749. The summed E-state index contributed by atoms with van der Waals surface area (Å²) in [5, 5.41) is 2.91. The molecule has 18 heavy (non-hydrogen) atoms. The molecule has 98 valence electrons. The Labute approximate surface area is 109 Å². The fourth-order valence-electron chi connectivity index (χ4n) is 2.34. The van der Waals surface area contributed by atoms with E-state index in [1.165, 1.54) is 11.1 Å². The molecular weight excluding hydrogens is 226 g/mol. The molecule has 3 nitrogen and oxygen atoms in total. The van der Waals surface area contributed by atoms with Gasteiger partial charge in [-0.25, -0.2) is 0 Å². The second-order valence-corrected chi connectivity index (χ2v) is 4.87. The Morgan fingerprint density at radius 2 is 1.78 bits per heavy atom. The molecule has 0 aromatic heterocycles. The van der Waals surface area contributed by atoms with E-state index >= 15 is 0 Å². The van der Waals surface area contributed by atoms with Gasteiger partial charge in [0.2, 0.25) is 0 Å². The van der Waals surface area contributed by atoms with Gasteiger partial charge in [-0.05, 0) is 43.0 Å². The zero-order chi connectivity index (χ0) is 13.1. The predicted molar refractivity (Wildman–Crippen MR) is 73.2 cm³/mol. The molecule has 0 saturated carbocycles. The number of carbonyl (C=O) groups is 1. The minimum atomic E-state index is -0.399. The van der Waals surface area contributed by atoms with Crippen LogP contribution in [0.1, 0.15) is 44.7 Å². The van der Waals surface area contributed by atoms with Gasteiger partial charge in [0.25, 0.3) is 5.91 Å². The lowest BCUT2D eigenvalue weighted by atomic mass is 9.97. The van der Waals surface area contributed by atoms with Crippen molar-refractivity contribution in [3.63, 3.8) is 0 Å². The van der Waals surface area contributed by atoms with Crippen molar-refractivity contribution in [3.8, 4) is 5.75 Å². The number of benzene rings is 1. The molecule has 1 atom stereocenters. The summed E-state index contributed by atoms with van der Waals surface area (Å²) in [6.07, 6.45) is 3.95. The number of carbonyl (C=O) groups excluding carboxylic acids is 1. The van der Waals surface area contributed by atoms with Crippen molar-refractivity contribution in [3.05, 3.63) is 23.3 Å². The first kappa shape index (κ1) is 12.9. The molecule has 1 aliphatic rings. The number of aryl methyl sites for hydroxylation is 2. The first-order valence-electron chi connectivity index (χ1n) is 6.79. The Hall–Kier alpha value is -1.51. The van der Waals surface area contributed by atoms with Crippen LogP contribution < -0.4 is 10.1 Å². The number of amides is 1. The van der Waals surface area contributed by atoms with E-state index in [1.54, 1.807) is 6.92 Å². The lowest BCUT2D eigenvalue weighted by Crippen LogP contribution is -2.34. The van der Waals surface area contributed by atoms with Crippen molar-refractivity contribution in [2.45, 2.75) is 52.6 Å². The summed E-state index contributed by atoms with van der Waals surface area (Å²) >= 11 is 0. The van der Waals surface area contributed by atoms with Gasteiger partial charge < -0.3 is 10.1 Å². The third-order valence-electron chi connectivity index (χ3n) is 3.27. The van der Waals surface area contributed by atoms with E-state index in [1.807, 2.05) is 0 Å². The quantitative estimate of drug-likeness (QED) is 0.886. The van der Waals surface area contributed by atoms with Crippen LogP contribution in [0.25, 0.3) is 0 Å². The Bertz CT molecular complexity index is 454. The second kappa shape index (κ2) is 5.42. The van der Waals surface area contributed by atoms with E-state index in [9.17, 15) is 4.79 Å². The molecule has 1 aliphatic heterocycles. The van der Waals surface area contributed by atoms with Crippen LogP contribution in [0.3, 0.4) is 0 Å². The molecule has 0 radical (unpaired) electrons. The van der Waals surface area contributed by atoms with Crippen LogP contribution in [0.2, 0.25) is 0 Å². The standard InChI is InChI=1S/C15H21NO2/c1-4-6-11-8-13-14(9-12(11)7-5-2)18-10(3)15(17)16-13/h8-10H,4-7H2,1-3H3,(H,16,17). The van der Waals surface area contributed by atoms with Gasteiger partial charge in [-0.1, -0.05) is 26.7 Å². The van der Waals surface area contributed by atoms with Gasteiger partial charge in [-0.15, -0.1) is 0 Å². The maximum Gasteiger partial charge on any atom is 0.265 e. The summed E-state index contributed by atoms with van der Waals surface area (Å²) in [4.78, 5) is 11.6. The molecule has 1 aromatic rings. The maximum atomic E-state index is 11.6. The molecule has 1 aromatic carbocycles. The normalized spacial score (nSPS) is 17.9. The zero-order valence-corrected chi connectivity index (χ0v) is 11.4. The number of fused-ring (bicyclic) bond motifs is 1. The average Bonchev–Trinajstić information content (AvgIpc) is 2.33. The summed E-state index contributed by atoms with van der Waals surface area (Å²) in [7, 11) is 0. The molecule has 1 amide bonds. The molecule has 1 heterocycles. The minimum Gasteiger partial charge on any atom is -0.479 e. The number of anilines is 1. The highest BCUT2D eigenvalue weighted by Crippen LogP contribution is 2.33. The summed E-state index contributed by atoms with van der Waals surface area (Å²) in [5.41, 5.74) is 3.50. The minimum absolute atomic E-state index is 0.0619. The third kappa shape index (κ3) is 2.50. The zero-order valence-electron chi connectivity index (χ0n) is 11.4. The fourth-order valence-corrected chi connectivity index (χ4v) is 2.34. The number of nitrogens with one attached hydrogen (secondary N) is 1. The van der Waals surface area contributed by atoms with Crippen molar-refractivity contribution in [1.29, 1.82) is 0 Å². The Morgan fingerprint density at radius 1 is 1.17 bits per heavy atom. The van der Waals surface area contributed by atoms with Crippen molar-refractivity contribution < 1.29 is 9.53 Å². The average molecular weight is 247 g/mol. The van der Waals surface area contributed by atoms with Crippen LogP contribution in [-0.4, -0.2) is 12.0 Å². The van der Waals surface area contributed by atoms with Gasteiger partial charge in [0, 0.05) is 0 Å². The first-order valence-corrected chi connectivity index (χ1v) is 6.79. The lowest BCUT2D eigenvalue weighted by molar-refractivity contribution is -0.122. The van der Waals surface area contributed by atoms with Crippen molar-refractivity contribution in [2.75, 3.05) is 5.32 Å². The van der Waals surface area contributed by atoms with Crippen LogP contribution in [0.4, 0.5) is 5.69 Å². The summed E-state index contributed by atoms with van der Waals surface area (Å²) in [6.45, 7) is 6.13. The predicted octanol–water partition coefficient (Wildman–Crippen LogP) is 3.31. The van der Waals surface area contributed by atoms with E-state index in [2.05, 4.69) is 31.3 Å². The van der Waals surface area contributed by atoms with Gasteiger partial charge in [-0.3, -0.25) is 4.79 Å². The number of ether oxygens (including phenoxy) is 1. The summed E-state index contributed by atoms with van der Waals surface area (Å²) in [6, 6.07) is 4.17. The maximum absolute atomic E-state index is 11.6. The Kier molecular flexibility index (Phi) is 3.90. The van der Waals surface area contributed by atoms with Crippen LogP contribution >= 0.6 is 0 Å². The molecule has 2 rings (SSSR count). The molecule has 0 saturated heterocycles. The SMILES string of the molecule is CCCc1cc2c(cc1CCC)OC(C)C(=O)N2. The van der Waals surface area contributed by atoms with E-state index in [0.29, 0.717) is 0 Å². The van der Waals surface area contributed by atoms with Gasteiger partial charge in [-0.2, -0.15) is 0 Å². The molecular formula is C15H21NO2. The van der Waals surface area contributed by atoms with Crippen molar-refractivity contribution >= 4 is 11.6 Å². The van der Waals surface area contributed by atoms with E-state index in [4.69, 9.17) is 4.74 Å². The molecule has 1 N–H and O–H groups in total. The molecule has 0 spiro atoms. The van der Waals surface area contributed by atoms with Crippen LogP contribution in [0, 0.1) is 0 Å². The third-order valence-corrected chi connectivity index (χ3v) is 3.27. The number of rotatable bonds is 4. The lowest BCUT2D eigenvalue weighted by Gasteiger charge is -2.25. The van der Waals surface area contributed by atoms with Crippen LogP contribution in [0.15, 0.2) is 12.1 Å². The fraction of sp³-hybridized carbons (Fsp3) is 0.533. The van der Waals surface area contributed by atoms with Gasteiger partial charge in [0.1, 0.15) is 5.75 Å². The van der Waals surface area contributed by atoms with Crippen LogP contribution in [0.5, 0.6) is 5.75 Å². The molecule has 1 unspecified atom stereocenters. The smallest absolute Gasteiger partial charge is 0.265 e. The number of hydrogen-bond acceptors (Lipinski definition) is 2. The molecule has 0 bridgehead atoms. The summed E-state index contributed by atoms with van der Waals surface area (Å²) < 4.78 is 5.65. The van der Waals surface area contributed by atoms with Gasteiger partial charge >= 0.3 is 0 Å². The highest BCUT2D eigenvalue weighted by atomic mass is 16.5. The van der Waals surface area contributed by atoms with Crippen molar-refractivity contribution in [2.24, 2.45) is 0 Å². The van der Waals surface area contributed by atoms with Crippen molar-refractivity contribution in [1.82, 2.24) is 0 Å². The van der Waals surface area contributed by atoms with E-state index in [-0.39, 0.29) is 5.91 Å². The molecule has 0 aliphatic carbocycles. The highest BCUT2D eigenvalue weighted by molar-refractivity contribution is 5.97. The molecule has 0 fully saturated rings. The monoisotopic (exact) mass is 247 g/mol. The first-order chi connectivity index (χ1) is 8.65. The Balaban J connectivity index is 2.38. The number of hydrogen-bond donors (Lipinski definition) is 1. The van der Waals surface area contributed by atoms with E-state index < -0.39 is 6.10 Å². The topological polar surface area (TPSA) is 38.3 Å². The van der Waals surface area contributed by atoms with Crippen LogP contribution in [-0.2, 0) is 17.6 Å². The Morgan fingerprint density at radius 3 is 2.39 bits per heavy atom. The molecule has 3 heteroatoms. The van der Waals surface area contributed by atoms with E-state index in [0.717, 1.165) is 37.1 Å². The largest absolute Gasteiger partial charge is 0.479 e.